The van der Waals surface area contributed by atoms with Crippen LogP contribution in [0.4, 0.5) is 0 Å². The van der Waals surface area contributed by atoms with Crippen LogP contribution < -0.4 is 10.6 Å². The number of carbonyl (C=O) groups excluding carboxylic acids is 1. The van der Waals surface area contributed by atoms with Crippen molar-refractivity contribution in [1.82, 2.24) is 15.8 Å². The highest BCUT2D eigenvalue weighted by Gasteiger charge is 2.28. The van der Waals surface area contributed by atoms with E-state index in [2.05, 4.69) is 15.8 Å². The highest BCUT2D eigenvalue weighted by atomic mass is 16.5. The van der Waals surface area contributed by atoms with Gasteiger partial charge in [-0.3, -0.25) is 4.79 Å². The van der Waals surface area contributed by atoms with Crippen molar-refractivity contribution in [3.8, 4) is 0 Å². The van der Waals surface area contributed by atoms with Crippen molar-refractivity contribution < 1.29 is 14.1 Å². The van der Waals surface area contributed by atoms with Gasteiger partial charge in [0.25, 0.3) is 0 Å². The molecule has 1 amide bonds. The van der Waals surface area contributed by atoms with Crippen LogP contribution in [0.3, 0.4) is 0 Å². The van der Waals surface area contributed by atoms with Gasteiger partial charge in [-0.1, -0.05) is 5.16 Å². The van der Waals surface area contributed by atoms with Crippen LogP contribution >= 0.6 is 0 Å². The summed E-state index contributed by atoms with van der Waals surface area (Å²) in [5, 5.41) is 9.68. The van der Waals surface area contributed by atoms with Crippen LogP contribution in [0.25, 0.3) is 0 Å². The Hall–Kier alpha value is -1.40. The molecule has 6 heteroatoms. The highest BCUT2D eigenvalue weighted by Crippen LogP contribution is 2.05. The fraction of sp³-hybridized carbons (Fsp3) is 0.636. The van der Waals surface area contributed by atoms with E-state index in [9.17, 15) is 4.79 Å². The number of nitrogens with one attached hydrogen (secondary N) is 2. The van der Waals surface area contributed by atoms with E-state index >= 15 is 0 Å². The monoisotopic (exact) mass is 239 g/mol. The van der Waals surface area contributed by atoms with Gasteiger partial charge in [-0.05, 0) is 13.8 Å². The zero-order chi connectivity index (χ0) is 12.3. The number of aryl methyl sites for hydroxylation is 1. The summed E-state index contributed by atoms with van der Waals surface area (Å²) in [6.07, 6.45) is -0.111. The minimum Gasteiger partial charge on any atom is -0.375 e. The van der Waals surface area contributed by atoms with Gasteiger partial charge < -0.3 is 19.9 Å². The summed E-state index contributed by atoms with van der Waals surface area (Å²) in [4.78, 5) is 11.9. The fourth-order valence-corrected chi connectivity index (χ4v) is 1.81. The summed E-state index contributed by atoms with van der Waals surface area (Å²) < 4.78 is 10.4. The Morgan fingerprint density at radius 3 is 3.18 bits per heavy atom. The molecule has 2 rings (SSSR count). The van der Waals surface area contributed by atoms with Gasteiger partial charge in [0.2, 0.25) is 5.91 Å². The Bertz CT molecular complexity index is 391. The summed E-state index contributed by atoms with van der Waals surface area (Å²) in [5.74, 6) is 0.575. The number of morpholine rings is 1. The Morgan fingerprint density at radius 1 is 1.71 bits per heavy atom. The number of nitrogens with zero attached hydrogens (tertiary/aromatic N) is 1. The number of hydrogen-bond acceptors (Lipinski definition) is 5. The van der Waals surface area contributed by atoms with E-state index in [1.165, 1.54) is 0 Å². The number of rotatable bonds is 3. The molecule has 0 unspecified atom stereocenters. The lowest BCUT2D eigenvalue weighted by Gasteiger charge is -2.29. The van der Waals surface area contributed by atoms with Crippen LogP contribution in [0, 0.1) is 6.92 Å². The van der Waals surface area contributed by atoms with Crippen LogP contribution in [0.5, 0.6) is 0 Å². The van der Waals surface area contributed by atoms with Crippen molar-refractivity contribution in [3.63, 3.8) is 0 Å². The average molecular weight is 239 g/mol. The molecular formula is C11H17N3O3. The summed E-state index contributed by atoms with van der Waals surface area (Å²) in [6, 6.07) is 1.50. The molecule has 94 valence electrons. The second-order valence-electron chi connectivity index (χ2n) is 4.16. The molecule has 1 aromatic rings. The summed E-state index contributed by atoms with van der Waals surface area (Å²) in [5.41, 5.74) is 0.807. The Balaban J connectivity index is 1.84. The molecule has 0 aromatic carbocycles. The number of aromatic nitrogens is 1. The Kier molecular flexibility index (Phi) is 3.75. The van der Waals surface area contributed by atoms with Gasteiger partial charge in [-0.2, -0.15) is 0 Å². The lowest BCUT2D eigenvalue weighted by Crippen LogP contribution is -2.55. The molecule has 0 radical (unpaired) electrons. The molecule has 1 saturated heterocycles. The van der Waals surface area contributed by atoms with Crippen molar-refractivity contribution in [1.29, 1.82) is 0 Å². The molecule has 1 aliphatic rings. The van der Waals surface area contributed by atoms with Crippen LogP contribution in [0.1, 0.15) is 18.4 Å². The SMILES string of the molecule is Cc1cc(CNC(=O)[C@H]2NCCO[C@@H]2C)on1. The summed E-state index contributed by atoms with van der Waals surface area (Å²) in [6.45, 7) is 5.42. The molecule has 0 saturated carbocycles. The van der Waals surface area contributed by atoms with E-state index in [4.69, 9.17) is 9.26 Å². The van der Waals surface area contributed by atoms with Crippen molar-refractivity contribution in [3.05, 3.63) is 17.5 Å². The minimum absolute atomic E-state index is 0.0775. The predicted molar refractivity (Wildman–Crippen MR) is 60.3 cm³/mol. The van der Waals surface area contributed by atoms with Crippen molar-refractivity contribution >= 4 is 5.91 Å². The maximum Gasteiger partial charge on any atom is 0.240 e. The fourth-order valence-electron chi connectivity index (χ4n) is 1.81. The van der Waals surface area contributed by atoms with Crippen molar-refractivity contribution in [2.45, 2.75) is 32.5 Å². The standard InChI is InChI=1S/C11H17N3O3/c1-7-5-9(17-14-7)6-13-11(15)10-8(2)16-4-3-12-10/h5,8,10,12H,3-4,6H2,1-2H3,(H,13,15)/t8-,10+/m1/s1. The minimum atomic E-state index is -0.298. The number of hydrogen-bond donors (Lipinski definition) is 2. The molecule has 6 nitrogen and oxygen atoms in total. The molecule has 2 heterocycles. The third-order valence-electron chi connectivity index (χ3n) is 2.71. The number of amides is 1. The molecule has 1 fully saturated rings. The Labute approximate surface area is 99.7 Å². The largest absolute Gasteiger partial charge is 0.375 e. The molecule has 2 N–H and O–H groups in total. The molecule has 0 bridgehead atoms. The summed E-state index contributed by atoms with van der Waals surface area (Å²) >= 11 is 0. The van der Waals surface area contributed by atoms with E-state index in [1.807, 2.05) is 13.8 Å². The normalized spacial score (nSPS) is 24.6. The zero-order valence-electron chi connectivity index (χ0n) is 10.0. The van der Waals surface area contributed by atoms with Gasteiger partial charge in [-0.25, -0.2) is 0 Å². The van der Waals surface area contributed by atoms with Crippen LogP contribution in [0.15, 0.2) is 10.6 Å². The first kappa shape index (κ1) is 12.1. The third kappa shape index (κ3) is 3.04. The van der Waals surface area contributed by atoms with E-state index in [-0.39, 0.29) is 18.1 Å². The molecule has 0 spiro atoms. The van der Waals surface area contributed by atoms with Crippen molar-refractivity contribution in [2.24, 2.45) is 0 Å². The van der Waals surface area contributed by atoms with Gasteiger partial charge in [0.05, 0.1) is 24.9 Å². The molecule has 0 aliphatic carbocycles. The van der Waals surface area contributed by atoms with E-state index in [1.54, 1.807) is 6.07 Å². The molecule has 1 aromatic heterocycles. The number of ether oxygens (including phenoxy) is 1. The van der Waals surface area contributed by atoms with E-state index < -0.39 is 0 Å². The highest BCUT2D eigenvalue weighted by molar-refractivity contribution is 5.82. The second-order valence-corrected chi connectivity index (χ2v) is 4.16. The average Bonchev–Trinajstić information content (AvgIpc) is 2.73. The Morgan fingerprint density at radius 2 is 2.53 bits per heavy atom. The maximum atomic E-state index is 11.9. The third-order valence-corrected chi connectivity index (χ3v) is 2.71. The first-order chi connectivity index (χ1) is 8.16. The quantitative estimate of drug-likeness (QED) is 0.775. The maximum absolute atomic E-state index is 11.9. The lowest BCUT2D eigenvalue weighted by atomic mass is 10.1. The molecular weight excluding hydrogens is 222 g/mol. The van der Waals surface area contributed by atoms with Gasteiger partial charge in [-0.15, -0.1) is 0 Å². The smallest absolute Gasteiger partial charge is 0.240 e. The zero-order valence-corrected chi connectivity index (χ0v) is 10.0. The van der Waals surface area contributed by atoms with E-state index in [0.29, 0.717) is 25.5 Å². The van der Waals surface area contributed by atoms with Gasteiger partial charge in [0.1, 0.15) is 6.04 Å². The van der Waals surface area contributed by atoms with Gasteiger partial charge in [0, 0.05) is 12.6 Å². The first-order valence-corrected chi connectivity index (χ1v) is 5.71. The van der Waals surface area contributed by atoms with Gasteiger partial charge >= 0.3 is 0 Å². The second kappa shape index (κ2) is 5.29. The topological polar surface area (TPSA) is 76.4 Å². The number of carbonyl (C=O) groups is 1. The van der Waals surface area contributed by atoms with Crippen LogP contribution in [-0.2, 0) is 16.1 Å². The van der Waals surface area contributed by atoms with E-state index in [0.717, 1.165) is 5.69 Å². The van der Waals surface area contributed by atoms with Gasteiger partial charge in [0.15, 0.2) is 5.76 Å². The predicted octanol–water partition coefficient (Wildman–Crippen LogP) is -0.0239. The van der Waals surface area contributed by atoms with Crippen LogP contribution in [-0.4, -0.2) is 36.4 Å². The summed E-state index contributed by atoms with van der Waals surface area (Å²) in [7, 11) is 0. The molecule has 1 aliphatic heterocycles. The molecule has 2 atom stereocenters. The lowest BCUT2D eigenvalue weighted by molar-refractivity contribution is -0.129. The van der Waals surface area contributed by atoms with Crippen molar-refractivity contribution in [2.75, 3.05) is 13.2 Å². The van der Waals surface area contributed by atoms with Crippen LogP contribution in [0.2, 0.25) is 0 Å². The first-order valence-electron chi connectivity index (χ1n) is 5.71. The molecule has 17 heavy (non-hydrogen) atoms.